The minimum Gasteiger partial charge on any atom is -0.376 e. The number of rotatable bonds is 6. The highest BCUT2D eigenvalue weighted by molar-refractivity contribution is 6.31. The smallest absolute Gasteiger partial charge is 0.191 e. The zero-order valence-electron chi connectivity index (χ0n) is 14.1. The number of H-pyrrole nitrogens is 1. The highest BCUT2D eigenvalue weighted by Gasteiger charge is 2.14. The van der Waals surface area contributed by atoms with E-state index in [2.05, 4.69) is 33.7 Å². The largest absolute Gasteiger partial charge is 0.376 e. The summed E-state index contributed by atoms with van der Waals surface area (Å²) in [6.45, 7) is 5.33. The molecule has 5 nitrogen and oxygen atoms in total. The van der Waals surface area contributed by atoms with Crippen LogP contribution in [0.25, 0.3) is 10.9 Å². The zero-order valence-corrected chi connectivity index (χ0v) is 14.8. The van der Waals surface area contributed by atoms with Crippen LogP contribution < -0.4 is 10.6 Å². The van der Waals surface area contributed by atoms with Crippen LogP contribution in [0, 0.1) is 0 Å². The molecule has 1 aliphatic heterocycles. The van der Waals surface area contributed by atoms with Crippen LogP contribution in [0.2, 0.25) is 5.02 Å². The summed E-state index contributed by atoms with van der Waals surface area (Å²) in [4.78, 5) is 7.92. The van der Waals surface area contributed by atoms with Crippen LogP contribution in [0.4, 0.5) is 0 Å². The third-order valence-corrected chi connectivity index (χ3v) is 4.47. The van der Waals surface area contributed by atoms with Crippen LogP contribution in [0.1, 0.15) is 25.3 Å². The Hall–Kier alpha value is -1.72. The highest BCUT2D eigenvalue weighted by atomic mass is 35.5. The minimum atomic E-state index is 0.274. The van der Waals surface area contributed by atoms with Crippen molar-refractivity contribution in [2.75, 3.05) is 26.2 Å². The molecule has 2 heterocycles. The van der Waals surface area contributed by atoms with Gasteiger partial charge in [-0.2, -0.15) is 0 Å². The van der Waals surface area contributed by atoms with Gasteiger partial charge in [0.1, 0.15) is 0 Å². The second kappa shape index (κ2) is 8.40. The summed E-state index contributed by atoms with van der Waals surface area (Å²) in [7, 11) is 0. The zero-order chi connectivity index (χ0) is 16.8. The molecule has 2 aromatic rings. The van der Waals surface area contributed by atoms with E-state index in [1.807, 2.05) is 18.2 Å². The van der Waals surface area contributed by atoms with E-state index in [4.69, 9.17) is 16.3 Å². The first-order valence-electron chi connectivity index (χ1n) is 8.65. The first-order chi connectivity index (χ1) is 11.8. The Morgan fingerprint density at radius 2 is 2.33 bits per heavy atom. The van der Waals surface area contributed by atoms with Gasteiger partial charge in [0.05, 0.1) is 12.6 Å². The number of halogens is 1. The van der Waals surface area contributed by atoms with Gasteiger partial charge in [0.25, 0.3) is 0 Å². The monoisotopic (exact) mass is 348 g/mol. The number of ether oxygens (including phenoxy) is 1. The Labute approximate surface area is 147 Å². The maximum atomic E-state index is 6.11. The Morgan fingerprint density at radius 1 is 1.42 bits per heavy atom. The van der Waals surface area contributed by atoms with Crippen LogP contribution in [-0.4, -0.2) is 43.3 Å². The summed E-state index contributed by atoms with van der Waals surface area (Å²) in [6.07, 6.45) is 5.49. The summed E-state index contributed by atoms with van der Waals surface area (Å²) in [6, 6.07) is 5.94. The van der Waals surface area contributed by atoms with Crippen molar-refractivity contribution in [3.63, 3.8) is 0 Å². The maximum Gasteiger partial charge on any atom is 0.191 e. The number of guanidine groups is 1. The molecule has 1 saturated heterocycles. The topological polar surface area (TPSA) is 61.4 Å². The summed E-state index contributed by atoms with van der Waals surface area (Å²) in [5, 5.41) is 8.64. The lowest BCUT2D eigenvalue weighted by atomic mass is 10.1. The van der Waals surface area contributed by atoms with Gasteiger partial charge >= 0.3 is 0 Å². The lowest BCUT2D eigenvalue weighted by Crippen LogP contribution is -2.38. The molecule has 0 amide bonds. The Balaban J connectivity index is 1.55. The number of hydrogen-bond donors (Lipinski definition) is 3. The van der Waals surface area contributed by atoms with Gasteiger partial charge in [0.2, 0.25) is 0 Å². The predicted octanol–water partition coefficient (Wildman–Crippen LogP) is 3.10. The number of aromatic amines is 1. The SMILES string of the molecule is CCNC(=NCC1CCCO1)NCCc1c[nH]c2ccc(Cl)cc12. The third-order valence-electron chi connectivity index (χ3n) is 4.24. The van der Waals surface area contributed by atoms with Crippen LogP contribution in [0.5, 0.6) is 0 Å². The van der Waals surface area contributed by atoms with E-state index in [0.29, 0.717) is 0 Å². The number of aromatic nitrogens is 1. The molecule has 0 radical (unpaired) electrons. The second-order valence-corrected chi connectivity index (χ2v) is 6.47. The van der Waals surface area contributed by atoms with Gasteiger partial charge in [0.15, 0.2) is 5.96 Å². The predicted molar refractivity (Wildman–Crippen MR) is 100.0 cm³/mol. The summed E-state index contributed by atoms with van der Waals surface area (Å²) in [5.74, 6) is 0.853. The van der Waals surface area contributed by atoms with Gasteiger partial charge in [-0.05, 0) is 49.9 Å². The van der Waals surface area contributed by atoms with Crippen molar-refractivity contribution in [3.05, 3.63) is 35.0 Å². The molecule has 6 heteroatoms. The van der Waals surface area contributed by atoms with Crippen molar-refractivity contribution in [2.24, 2.45) is 4.99 Å². The van der Waals surface area contributed by atoms with Crippen molar-refractivity contribution >= 4 is 28.5 Å². The summed E-state index contributed by atoms with van der Waals surface area (Å²) in [5.41, 5.74) is 2.38. The molecule has 1 aromatic carbocycles. The number of hydrogen-bond acceptors (Lipinski definition) is 2. The lowest BCUT2D eigenvalue weighted by molar-refractivity contribution is 0.117. The molecular weight excluding hydrogens is 324 g/mol. The van der Waals surface area contributed by atoms with Crippen molar-refractivity contribution in [1.82, 2.24) is 15.6 Å². The Morgan fingerprint density at radius 3 is 3.12 bits per heavy atom. The molecule has 24 heavy (non-hydrogen) atoms. The fraction of sp³-hybridized carbons (Fsp3) is 0.500. The van der Waals surface area contributed by atoms with E-state index in [1.54, 1.807) is 0 Å². The van der Waals surface area contributed by atoms with E-state index in [0.717, 1.165) is 62.0 Å². The second-order valence-electron chi connectivity index (χ2n) is 6.04. The molecule has 0 bridgehead atoms. The minimum absolute atomic E-state index is 0.274. The van der Waals surface area contributed by atoms with E-state index in [9.17, 15) is 0 Å². The number of benzene rings is 1. The fourth-order valence-electron chi connectivity index (χ4n) is 3.00. The van der Waals surface area contributed by atoms with Crippen molar-refractivity contribution in [3.8, 4) is 0 Å². The number of aliphatic imine (C=N–C) groups is 1. The van der Waals surface area contributed by atoms with E-state index in [1.165, 1.54) is 10.9 Å². The van der Waals surface area contributed by atoms with Crippen molar-refractivity contribution < 1.29 is 4.74 Å². The summed E-state index contributed by atoms with van der Waals surface area (Å²) < 4.78 is 5.62. The molecule has 1 fully saturated rings. The average Bonchev–Trinajstić information content (AvgIpc) is 3.22. The molecule has 1 aromatic heterocycles. The standard InChI is InChI=1S/C18H25ClN4O/c1-2-20-18(23-12-15-4-3-9-24-15)21-8-7-13-11-22-17-6-5-14(19)10-16(13)17/h5-6,10-11,15,22H,2-4,7-9,12H2,1H3,(H2,20,21,23). The van der Waals surface area contributed by atoms with Gasteiger partial charge in [-0.15, -0.1) is 0 Å². The van der Waals surface area contributed by atoms with Gasteiger partial charge < -0.3 is 20.4 Å². The molecule has 3 N–H and O–H groups in total. The Bertz CT molecular complexity index is 691. The summed E-state index contributed by atoms with van der Waals surface area (Å²) >= 11 is 6.11. The van der Waals surface area contributed by atoms with Crippen LogP contribution in [0.3, 0.4) is 0 Å². The molecule has 1 atom stereocenters. The van der Waals surface area contributed by atoms with Crippen LogP contribution >= 0.6 is 11.6 Å². The van der Waals surface area contributed by atoms with Crippen LogP contribution in [-0.2, 0) is 11.2 Å². The van der Waals surface area contributed by atoms with Gasteiger partial charge in [-0.25, -0.2) is 0 Å². The fourth-order valence-corrected chi connectivity index (χ4v) is 3.17. The lowest BCUT2D eigenvalue weighted by Gasteiger charge is -2.12. The van der Waals surface area contributed by atoms with E-state index < -0.39 is 0 Å². The molecular formula is C18H25ClN4O. The van der Waals surface area contributed by atoms with E-state index in [-0.39, 0.29) is 6.10 Å². The average molecular weight is 349 g/mol. The quantitative estimate of drug-likeness (QED) is 0.555. The van der Waals surface area contributed by atoms with Gasteiger partial charge in [-0.1, -0.05) is 11.6 Å². The molecule has 0 aliphatic carbocycles. The number of nitrogens with one attached hydrogen (secondary N) is 3. The highest BCUT2D eigenvalue weighted by Crippen LogP contribution is 2.22. The van der Waals surface area contributed by atoms with Crippen molar-refractivity contribution in [1.29, 1.82) is 0 Å². The van der Waals surface area contributed by atoms with Gasteiger partial charge in [0, 0.05) is 41.8 Å². The Kier molecular flexibility index (Phi) is 5.99. The molecule has 1 unspecified atom stereocenters. The van der Waals surface area contributed by atoms with Crippen molar-refractivity contribution in [2.45, 2.75) is 32.3 Å². The molecule has 1 aliphatic rings. The van der Waals surface area contributed by atoms with Gasteiger partial charge in [-0.3, -0.25) is 4.99 Å². The normalized spacial score (nSPS) is 18.2. The first kappa shape index (κ1) is 17.1. The molecule has 130 valence electrons. The molecule has 0 spiro atoms. The molecule has 0 saturated carbocycles. The van der Waals surface area contributed by atoms with E-state index >= 15 is 0 Å². The number of nitrogens with zero attached hydrogens (tertiary/aromatic N) is 1. The number of fused-ring (bicyclic) bond motifs is 1. The first-order valence-corrected chi connectivity index (χ1v) is 9.03. The van der Waals surface area contributed by atoms with Crippen LogP contribution in [0.15, 0.2) is 29.4 Å². The molecule has 3 rings (SSSR count). The third kappa shape index (κ3) is 4.42. The maximum absolute atomic E-state index is 6.11.